The molecule has 0 spiro atoms. The van der Waals surface area contributed by atoms with Gasteiger partial charge < -0.3 is 9.15 Å². The van der Waals surface area contributed by atoms with Gasteiger partial charge in [-0.15, -0.1) is 0 Å². The molecule has 0 atom stereocenters. The minimum Gasteiger partial charge on any atom is -0.465 e. The minimum atomic E-state index is -0.404. The van der Waals surface area contributed by atoms with Crippen molar-refractivity contribution in [2.75, 3.05) is 7.11 Å². The van der Waals surface area contributed by atoms with Crippen LogP contribution in [0.15, 0.2) is 132 Å². The topological polar surface area (TPSA) is 65.2 Å². The largest absolute Gasteiger partial charge is 0.465 e. The van der Waals surface area contributed by atoms with E-state index in [1.807, 2.05) is 66.7 Å². The van der Waals surface area contributed by atoms with Gasteiger partial charge in [0.1, 0.15) is 5.58 Å². The molecule has 6 aromatic carbocycles. The van der Waals surface area contributed by atoms with Crippen LogP contribution >= 0.6 is 0 Å². The molecule has 5 nitrogen and oxygen atoms in total. The predicted octanol–water partition coefficient (Wildman–Crippen LogP) is 9.47. The Morgan fingerprint density at radius 2 is 1.30 bits per heavy atom. The standard InChI is InChI=1S/C38H24N2O3/c1-42-38(41)30-19-10-9-18-28(30)29-20-11-21-31-33-34(23-12-3-2-4-13-23)39-36(40-37(33)43-35(29)31)32-22-24-14-5-6-15-25(24)26-16-7-8-17-27(26)32/h2-22H,1H3. The first-order valence-corrected chi connectivity index (χ1v) is 14.1. The number of methoxy groups -OCH3 is 1. The van der Waals surface area contributed by atoms with Crippen molar-refractivity contribution in [3.63, 3.8) is 0 Å². The zero-order chi connectivity index (χ0) is 28.9. The lowest BCUT2D eigenvalue weighted by Gasteiger charge is -2.11. The van der Waals surface area contributed by atoms with Crippen molar-refractivity contribution >= 4 is 49.6 Å². The Labute approximate surface area is 247 Å². The third-order valence-corrected chi connectivity index (χ3v) is 8.04. The normalized spacial score (nSPS) is 11.5. The number of hydrogen-bond acceptors (Lipinski definition) is 5. The van der Waals surface area contributed by atoms with E-state index in [9.17, 15) is 4.79 Å². The second-order valence-corrected chi connectivity index (χ2v) is 10.5. The number of furan rings is 1. The Kier molecular flexibility index (Phi) is 5.76. The summed E-state index contributed by atoms with van der Waals surface area (Å²) in [5.41, 5.74) is 5.79. The molecule has 0 fully saturated rings. The summed E-state index contributed by atoms with van der Waals surface area (Å²) in [5, 5.41) is 6.22. The molecule has 0 aliphatic carbocycles. The molecule has 204 valence electrons. The minimum absolute atomic E-state index is 0.404. The Hall–Kier alpha value is -5.81. The number of ether oxygens (including phenoxy) is 1. The maximum atomic E-state index is 12.7. The van der Waals surface area contributed by atoms with Crippen molar-refractivity contribution < 1.29 is 13.9 Å². The first-order chi connectivity index (χ1) is 21.2. The van der Waals surface area contributed by atoms with Crippen LogP contribution in [0.2, 0.25) is 0 Å². The number of fused-ring (bicyclic) bond motifs is 6. The SMILES string of the molecule is COC(=O)c1ccccc1-c1cccc2c1oc1nc(-c3cc4ccccc4c4ccccc34)nc(-c3ccccc3)c12. The lowest BCUT2D eigenvalue weighted by Crippen LogP contribution is -2.03. The maximum Gasteiger partial charge on any atom is 0.338 e. The summed E-state index contributed by atoms with van der Waals surface area (Å²) in [6, 6.07) is 42.4. The fourth-order valence-electron chi connectivity index (χ4n) is 6.08. The predicted molar refractivity (Wildman–Crippen MR) is 172 cm³/mol. The van der Waals surface area contributed by atoms with Crippen LogP contribution in [0.25, 0.3) is 77.4 Å². The quantitative estimate of drug-likeness (QED) is 0.160. The molecule has 5 heteroatoms. The number of benzene rings is 6. The fraction of sp³-hybridized carbons (Fsp3) is 0.0263. The van der Waals surface area contributed by atoms with Crippen molar-refractivity contribution in [3.8, 4) is 33.8 Å². The van der Waals surface area contributed by atoms with Crippen LogP contribution < -0.4 is 0 Å². The average molecular weight is 557 g/mol. The van der Waals surface area contributed by atoms with Gasteiger partial charge in [0.25, 0.3) is 0 Å². The van der Waals surface area contributed by atoms with Gasteiger partial charge in [-0.05, 0) is 39.2 Å². The number of para-hydroxylation sites is 1. The second kappa shape index (κ2) is 9.93. The van der Waals surface area contributed by atoms with E-state index < -0.39 is 5.97 Å². The highest BCUT2D eigenvalue weighted by Gasteiger charge is 2.23. The number of nitrogens with zero attached hydrogens (tertiary/aromatic N) is 2. The van der Waals surface area contributed by atoms with E-state index in [2.05, 4.69) is 54.6 Å². The maximum absolute atomic E-state index is 12.7. The van der Waals surface area contributed by atoms with Crippen LogP contribution in [-0.2, 0) is 4.74 Å². The number of rotatable bonds is 4. The monoisotopic (exact) mass is 556 g/mol. The molecule has 0 amide bonds. The summed E-state index contributed by atoms with van der Waals surface area (Å²) < 4.78 is 11.7. The van der Waals surface area contributed by atoms with Gasteiger partial charge in [-0.2, -0.15) is 4.98 Å². The molecule has 8 rings (SSSR count). The number of esters is 1. The van der Waals surface area contributed by atoms with E-state index >= 15 is 0 Å². The van der Waals surface area contributed by atoms with Crippen molar-refractivity contribution in [2.45, 2.75) is 0 Å². The van der Waals surface area contributed by atoms with Gasteiger partial charge in [0.15, 0.2) is 5.82 Å². The first kappa shape index (κ1) is 24.9. The van der Waals surface area contributed by atoms with Crippen LogP contribution in [0.1, 0.15) is 10.4 Å². The lowest BCUT2D eigenvalue weighted by molar-refractivity contribution is 0.0601. The van der Waals surface area contributed by atoms with E-state index in [0.29, 0.717) is 22.7 Å². The Morgan fingerprint density at radius 3 is 2.14 bits per heavy atom. The third-order valence-electron chi connectivity index (χ3n) is 8.04. The summed E-state index contributed by atoms with van der Waals surface area (Å²) in [6.07, 6.45) is 0. The van der Waals surface area contributed by atoms with Gasteiger partial charge >= 0.3 is 5.97 Å². The highest BCUT2D eigenvalue weighted by Crippen LogP contribution is 2.42. The number of aromatic nitrogens is 2. The molecule has 0 aliphatic rings. The van der Waals surface area contributed by atoms with Gasteiger partial charge in [0, 0.05) is 22.1 Å². The van der Waals surface area contributed by atoms with E-state index in [0.717, 1.165) is 54.9 Å². The van der Waals surface area contributed by atoms with Crippen LogP contribution in [0.3, 0.4) is 0 Å². The zero-order valence-electron chi connectivity index (χ0n) is 23.2. The smallest absolute Gasteiger partial charge is 0.338 e. The summed E-state index contributed by atoms with van der Waals surface area (Å²) in [4.78, 5) is 23.0. The van der Waals surface area contributed by atoms with Gasteiger partial charge in [-0.25, -0.2) is 9.78 Å². The van der Waals surface area contributed by atoms with Crippen molar-refractivity contribution in [1.29, 1.82) is 0 Å². The summed E-state index contributed by atoms with van der Waals surface area (Å²) in [5.74, 6) is 0.183. The highest BCUT2D eigenvalue weighted by molar-refractivity contribution is 6.16. The average Bonchev–Trinajstić information content (AvgIpc) is 3.46. The Balaban J connectivity index is 1.47. The number of hydrogen-bond donors (Lipinski definition) is 0. The molecule has 0 radical (unpaired) electrons. The Morgan fingerprint density at radius 1 is 0.628 bits per heavy atom. The summed E-state index contributed by atoms with van der Waals surface area (Å²) in [6.45, 7) is 0. The first-order valence-electron chi connectivity index (χ1n) is 14.1. The molecule has 0 N–H and O–H groups in total. The Bertz CT molecular complexity index is 2360. The van der Waals surface area contributed by atoms with E-state index in [-0.39, 0.29) is 0 Å². The van der Waals surface area contributed by atoms with Gasteiger partial charge in [0.05, 0.1) is 23.8 Å². The fourth-order valence-corrected chi connectivity index (χ4v) is 6.08. The van der Waals surface area contributed by atoms with Crippen molar-refractivity contribution in [2.24, 2.45) is 0 Å². The van der Waals surface area contributed by atoms with Gasteiger partial charge in [-0.3, -0.25) is 0 Å². The second-order valence-electron chi connectivity index (χ2n) is 10.5. The zero-order valence-corrected chi connectivity index (χ0v) is 23.2. The van der Waals surface area contributed by atoms with E-state index in [1.54, 1.807) is 6.07 Å². The molecule has 0 saturated carbocycles. The summed E-state index contributed by atoms with van der Waals surface area (Å²) in [7, 11) is 1.39. The molecule has 2 heterocycles. The van der Waals surface area contributed by atoms with Gasteiger partial charge in [0.2, 0.25) is 5.71 Å². The third kappa shape index (κ3) is 3.97. The summed E-state index contributed by atoms with van der Waals surface area (Å²) >= 11 is 0. The molecule has 8 aromatic rings. The molecule has 0 bridgehead atoms. The highest BCUT2D eigenvalue weighted by atomic mass is 16.5. The number of carbonyl (C=O) groups is 1. The van der Waals surface area contributed by atoms with Gasteiger partial charge in [-0.1, -0.05) is 115 Å². The van der Waals surface area contributed by atoms with Crippen LogP contribution in [0.4, 0.5) is 0 Å². The molecular formula is C38H24N2O3. The van der Waals surface area contributed by atoms with E-state index in [1.165, 1.54) is 12.5 Å². The van der Waals surface area contributed by atoms with Crippen molar-refractivity contribution in [1.82, 2.24) is 9.97 Å². The van der Waals surface area contributed by atoms with Crippen LogP contribution in [-0.4, -0.2) is 23.0 Å². The number of carbonyl (C=O) groups excluding carboxylic acids is 1. The molecule has 0 aliphatic heterocycles. The van der Waals surface area contributed by atoms with Crippen molar-refractivity contribution in [3.05, 3.63) is 133 Å². The molecule has 0 unspecified atom stereocenters. The lowest BCUT2D eigenvalue weighted by atomic mass is 9.96. The van der Waals surface area contributed by atoms with Crippen LogP contribution in [0, 0.1) is 0 Å². The molecule has 43 heavy (non-hydrogen) atoms. The van der Waals surface area contributed by atoms with E-state index in [4.69, 9.17) is 19.1 Å². The molecule has 0 saturated heterocycles. The van der Waals surface area contributed by atoms with Crippen LogP contribution in [0.5, 0.6) is 0 Å². The molecule has 2 aromatic heterocycles. The molecular weight excluding hydrogens is 532 g/mol.